The van der Waals surface area contributed by atoms with Crippen LogP contribution in [0.2, 0.25) is 0 Å². The summed E-state index contributed by atoms with van der Waals surface area (Å²) < 4.78 is 16.2. The van der Waals surface area contributed by atoms with Gasteiger partial charge in [0.15, 0.2) is 5.96 Å². The van der Waals surface area contributed by atoms with E-state index in [1.54, 1.807) is 13.4 Å². The minimum absolute atomic E-state index is 0. The number of benzene rings is 1. The summed E-state index contributed by atoms with van der Waals surface area (Å²) in [6, 6.07) is 12.2. The Morgan fingerprint density at radius 1 is 1.27 bits per heavy atom. The van der Waals surface area contributed by atoms with E-state index < -0.39 is 0 Å². The predicted molar refractivity (Wildman–Crippen MR) is 112 cm³/mol. The number of ether oxygens (including phenoxy) is 2. The van der Waals surface area contributed by atoms with Crippen LogP contribution in [0.4, 0.5) is 0 Å². The van der Waals surface area contributed by atoms with E-state index in [1.807, 2.05) is 30.3 Å². The zero-order valence-corrected chi connectivity index (χ0v) is 17.3. The molecule has 0 saturated heterocycles. The first-order valence-corrected chi connectivity index (χ1v) is 8.64. The van der Waals surface area contributed by atoms with Gasteiger partial charge in [0.2, 0.25) is 0 Å². The Labute approximate surface area is 171 Å². The summed E-state index contributed by atoms with van der Waals surface area (Å²) in [6.45, 7) is 2.65. The molecule has 0 bridgehead atoms. The number of hydrogen-bond donors (Lipinski definition) is 2. The van der Waals surface area contributed by atoms with Gasteiger partial charge in [-0.05, 0) is 18.2 Å². The number of furan rings is 1. The molecule has 3 rings (SSSR count). The molecule has 2 aromatic rings. The average Bonchev–Trinajstić information content (AvgIpc) is 3.15. The lowest BCUT2D eigenvalue weighted by Gasteiger charge is -2.28. The van der Waals surface area contributed by atoms with Gasteiger partial charge in [-0.25, -0.2) is 0 Å². The van der Waals surface area contributed by atoms with Crippen molar-refractivity contribution in [2.75, 3.05) is 33.4 Å². The Bertz CT molecular complexity index is 676. The van der Waals surface area contributed by atoms with Gasteiger partial charge in [-0.1, -0.05) is 18.2 Å². The third-order valence-electron chi connectivity index (χ3n) is 4.08. The number of methoxy groups -OCH3 is 1. The van der Waals surface area contributed by atoms with Crippen LogP contribution < -0.4 is 15.4 Å². The second-order valence-corrected chi connectivity index (χ2v) is 5.85. The average molecular weight is 471 g/mol. The molecule has 6 nitrogen and oxygen atoms in total. The van der Waals surface area contributed by atoms with E-state index in [9.17, 15) is 0 Å². The molecule has 0 aliphatic carbocycles. The lowest BCUT2D eigenvalue weighted by Crippen LogP contribution is -2.42. The fourth-order valence-corrected chi connectivity index (χ4v) is 2.82. The summed E-state index contributed by atoms with van der Waals surface area (Å²) in [5, 5.41) is 6.90. The van der Waals surface area contributed by atoms with Crippen molar-refractivity contribution in [1.29, 1.82) is 0 Å². The molecule has 1 aliphatic heterocycles. The van der Waals surface area contributed by atoms with Gasteiger partial charge in [0.05, 0.1) is 32.1 Å². The number of guanidine groups is 1. The largest absolute Gasteiger partial charge is 0.493 e. The normalized spacial score (nSPS) is 16.2. The van der Waals surface area contributed by atoms with Gasteiger partial charge in [-0.3, -0.25) is 4.99 Å². The van der Waals surface area contributed by atoms with E-state index >= 15 is 0 Å². The molecule has 26 heavy (non-hydrogen) atoms. The third kappa shape index (κ3) is 5.91. The zero-order chi connectivity index (χ0) is 17.3. The molecule has 0 saturated carbocycles. The van der Waals surface area contributed by atoms with Crippen LogP contribution in [0.1, 0.15) is 23.8 Å². The van der Waals surface area contributed by atoms with Gasteiger partial charge in [0.25, 0.3) is 0 Å². The molecular weight excluding hydrogens is 445 g/mol. The lowest BCUT2D eigenvalue weighted by atomic mass is 10.0. The molecule has 0 fully saturated rings. The molecular formula is C19H26IN3O3. The summed E-state index contributed by atoms with van der Waals surface area (Å²) in [5.74, 6) is 2.68. The molecule has 2 N–H and O–H groups in total. The maximum absolute atomic E-state index is 5.73. The number of aliphatic imine (C=N–C) groups is 1. The molecule has 1 unspecified atom stereocenters. The second-order valence-electron chi connectivity index (χ2n) is 5.85. The Morgan fingerprint density at radius 3 is 2.96 bits per heavy atom. The van der Waals surface area contributed by atoms with Gasteiger partial charge in [-0.2, -0.15) is 0 Å². The fourth-order valence-electron chi connectivity index (χ4n) is 2.82. The van der Waals surface area contributed by atoms with Crippen molar-refractivity contribution in [3.8, 4) is 5.75 Å². The minimum atomic E-state index is 0. The van der Waals surface area contributed by atoms with Gasteiger partial charge in [0, 0.05) is 32.1 Å². The van der Waals surface area contributed by atoms with Crippen LogP contribution in [0.3, 0.4) is 0 Å². The van der Waals surface area contributed by atoms with Crippen LogP contribution in [0, 0.1) is 0 Å². The molecule has 1 aromatic carbocycles. The van der Waals surface area contributed by atoms with Crippen LogP contribution in [0.5, 0.6) is 5.75 Å². The number of nitrogens with zero attached hydrogens (tertiary/aromatic N) is 1. The highest BCUT2D eigenvalue weighted by atomic mass is 127. The molecule has 142 valence electrons. The number of halogens is 1. The fraction of sp³-hybridized carbons (Fsp3) is 0.421. The molecule has 0 radical (unpaired) electrons. The molecule has 1 atom stereocenters. The number of para-hydroxylation sites is 1. The summed E-state index contributed by atoms with van der Waals surface area (Å²) in [5.41, 5.74) is 1.17. The number of nitrogens with one attached hydrogen (secondary N) is 2. The molecule has 1 aliphatic rings. The molecule has 0 spiro atoms. The van der Waals surface area contributed by atoms with Crippen molar-refractivity contribution in [3.63, 3.8) is 0 Å². The highest BCUT2D eigenvalue weighted by Crippen LogP contribution is 2.31. The smallest absolute Gasteiger partial charge is 0.191 e. The number of hydrogen-bond acceptors (Lipinski definition) is 4. The Balaban J connectivity index is 0.00000243. The first-order chi connectivity index (χ1) is 12.4. The van der Waals surface area contributed by atoms with Gasteiger partial charge in [0.1, 0.15) is 11.5 Å². The van der Waals surface area contributed by atoms with Crippen molar-refractivity contribution >= 4 is 29.9 Å². The van der Waals surface area contributed by atoms with Crippen molar-refractivity contribution in [2.24, 2.45) is 4.99 Å². The van der Waals surface area contributed by atoms with Gasteiger partial charge in [-0.15, -0.1) is 24.0 Å². The minimum Gasteiger partial charge on any atom is -0.493 e. The van der Waals surface area contributed by atoms with Gasteiger partial charge < -0.3 is 24.5 Å². The highest BCUT2D eigenvalue weighted by Gasteiger charge is 2.21. The highest BCUT2D eigenvalue weighted by molar-refractivity contribution is 14.0. The number of rotatable bonds is 7. The van der Waals surface area contributed by atoms with Crippen LogP contribution >= 0.6 is 24.0 Å². The summed E-state index contributed by atoms with van der Waals surface area (Å²) in [4.78, 5) is 4.60. The maximum atomic E-state index is 5.73. The third-order valence-corrected chi connectivity index (χ3v) is 4.08. The summed E-state index contributed by atoms with van der Waals surface area (Å²) >= 11 is 0. The standard InChI is InChI=1S/C19H25N3O3.HI/c1-23-14-11-21-19(20-10-8-15-5-4-12-24-15)22-17-9-13-25-18-7-3-2-6-16(17)18;/h2-7,12,17H,8-11,13-14H2,1H3,(H2,20,21,22);1H. The molecule has 0 amide bonds. The lowest BCUT2D eigenvalue weighted by molar-refractivity contribution is 0.207. The second kappa shape index (κ2) is 11.1. The molecule has 7 heteroatoms. The molecule has 2 heterocycles. The zero-order valence-electron chi connectivity index (χ0n) is 14.9. The van der Waals surface area contributed by atoms with E-state index in [1.165, 1.54) is 5.56 Å². The first kappa shape index (κ1) is 20.6. The van der Waals surface area contributed by atoms with Crippen molar-refractivity contribution in [1.82, 2.24) is 10.6 Å². The molecule has 1 aromatic heterocycles. The topological polar surface area (TPSA) is 68.0 Å². The Morgan fingerprint density at radius 2 is 2.15 bits per heavy atom. The maximum Gasteiger partial charge on any atom is 0.191 e. The van der Waals surface area contributed by atoms with Crippen LogP contribution in [0.15, 0.2) is 52.1 Å². The summed E-state index contributed by atoms with van der Waals surface area (Å²) in [6.07, 6.45) is 3.41. The van der Waals surface area contributed by atoms with Crippen molar-refractivity contribution < 1.29 is 13.9 Å². The Kier molecular flexibility index (Phi) is 8.76. The predicted octanol–water partition coefficient (Wildman–Crippen LogP) is 3.15. The van der Waals surface area contributed by atoms with E-state index in [0.717, 1.165) is 36.9 Å². The van der Waals surface area contributed by atoms with Crippen LogP contribution in [-0.2, 0) is 11.2 Å². The van der Waals surface area contributed by atoms with E-state index in [-0.39, 0.29) is 30.0 Å². The summed E-state index contributed by atoms with van der Waals surface area (Å²) in [7, 11) is 1.68. The van der Waals surface area contributed by atoms with E-state index in [2.05, 4.69) is 21.7 Å². The first-order valence-electron chi connectivity index (χ1n) is 8.64. The van der Waals surface area contributed by atoms with Crippen LogP contribution in [-0.4, -0.2) is 39.4 Å². The van der Waals surface area contributed by atoms with Crippen molar-refractivity contribution in [3.05, 3.63) is 54.0 Å². The monoisotopic (exact) mass is 471 g/mol. The Hall–Kier alpha value is -1.74. The quantitative estimate of drug-likeness (QED) is 0.281. The van der Waals surface area contributed by atoms with Gasteiger partial charge >= 0.3 is 0 Å². The van der Waals surface area contributed by atoms with Crippen LogP contribution in [0.25, 0.3) is 0 Å². The number of fused-ring (bicyclic) bond motifs is 1. The SMILES string of the molecule is COCCN=C(NCCc1ccco1)NC1CCOc2ccccc21.I. The van der Waals surface area contributed by atoms with E-state index in [4.69, 9.17) is 13.9 Å². The van der Waals surface area contributed by atoms with E-state index in [0.29, 0.717) is 19.8 Å². The van der Waals surface area contributed by atoms with Crippen molar-refractivity contribution in [2.45, 2.75) is 18.9 Å².